The summed E-state index contributed by atoms with van der Waals surface area (Å²) in [7, 11) is 0. The number of hydrogen-bond acceptors (Lipinski definition) is 1. The molecule has 3 N–H and O–H groups in total. The summed E-state index contributed by atoms with van der Waals surface area (Å²) in [5, 5.41) is 3.17. The van der Waals surface area contributed by atoms with E-state index in [-0.39, 0.29) is 5.54 Å². The molecule has 1 atom stereocenters. The van der Waals surface area contributed by atoms with Crippen LogP contribution in [0.15, 0.2) is 29.3 Å². The van der Waals surface area contributed by atoms with Gasteiger partial charge in [-0.1, -0.05) is 24.3 Å². The number of fused-ring (bicyclic) bond motifs is 1. The van der Waals surface area contributed by atoms with Gasteiger partial charge in [0.15, 0.2) is 5.96 Å². The zero-order valence-corrected chi connectivity index (χ0v) is 10.8. The topological polar surface area (TPSA) is 50.4 Å². The van der Waals surface area contributed by atoms with Crippen LogP contribution in [0, 0.1) is 0 Å². The van der Waals surface area contributed by atoms with E-state index >= 15 is 0 Å². The van der Waals surface area contributed by atoms with E-state index < -0.39 is 0 Å². The van der Waals surface area contributed by atoms with Crippen LogP contribution in [0.2, 0.25) is 0 Å². The molecule has 1 aromatic rings. The monoisotopic (exact) mass is 231 g/mol. The number of nitrogens with two attached hydrogens (primary N) is 1. The van der Waals surface area contributed by atoms with Gasteiger partial charge in [0.1, 0.15) is 0 Å². The number of guanidine groups is 1. The minimum absolute atomic E-state index is 0.0227. The first-order chi connectivity index (χ1) is 7.96. The molecular weight excluding hydrogens is 210 g/mol. The molecular formula is C14H21N3. The molecule has 3 heteroatoms. The van der Waals surface area contributed by atoms with Crippen molar-refractivity contribution in [2.45, 2.75) is 38.6 Å². The van der Waals surface area contributed by atoms with Gasteiger partial charge in [0, 0.05) is 18.0 Å². The van der Waals surface area contributed by atoms with Crippen molar-refractivity contribution in [3.8, 4) is 0 Å². The summed E-state index contributed by atoms with van der Waals surface area (Å²) < 4.78 is 0. The van der Waals surface area contributed by atoms with E-state index in [1.54, 1.807) is 0 Å². The summed E-state index contributed by atoms with van der Waals surface area (Å²) in [5.74, 6) is 1.09. The molecule has 0 aliphatic heterocycles. The maximum absolute atomic E-state index is 5.85. The molecule has 17 heavy (non-hydrogen) atoms. The second-order valence-electron chi connectivity index (χ2n) is 5.70. The van der Waals surface area contributed by atoms with E-state index in [1.807, 2.05) is 0 Å². The van der Waals surface area contributed by atoms with Crippen molar-refractivity contribution in [1.82, 2.24) is 5.32 Å². The first kappa shape index (κ1) is 12.0. The Bertz CT molecular complexity index is 429. The molecule has 0 fully saturated rings. The fraction of sp³-hybridized carbons (Fsp3) is 0.500. The molecule has 1 aliphatic rings. The average Bonchev–Trinajstić information content (AvgIpc) is 2.16. The highest BCUT2D eigenvalue weighted by Crippen LogP contribution is 2.34. The van der Waals surface area contributed by atoms with Gasteiger partial charge in [-0.05, 0) is 38.3 Å². The zero-order chi connectivity index (χ0) is 12.5. The van der Waals surface area contributed by atoms with Crippen LogP contribution < -0.4 is 11.1 Å². The second-order valence-corrected chi connectivity index (χ2v) is 5.70. The number of rotatable bonds is 2. The molecule has 92 valence electrons. The van der Waals surface area contributed by atoms with Crippen molar-refractivity contribution in [1.29, 1.82) is 0 Å². The Labute approximate surface area is 103 Å². The van der Waals surface area contributed by atoms with E-state index in [0.717, 1.165) is 13.0 Å². The molecule has 0 saturated carbocycles. The molecule has 0 radical (unpaired) electrons. The van der Waals surface area contributed by atoms with E-state index in [9.17, 15) is 0 Å². The van der Waals surface area contributed by atoms with Gasteiger partial charge >= 0.3 is 0 Å². The molecule has 0 amide bonds. The van der Waals surface area contributed by atoms with Crippen LogP contribution >= 0.6 is 0 Å². The fourth-order valence-electron chi connectivity index (χ4n) is 2.16. The van der Waals surface area contributed by atoms with E-state index in [1.165, 1.54) is 11.1 Å². The van der Waals surface area contributed by atoms with Gasteiger partial charge in [0.25, 0.3) is 0 Å². The molecule has 2 rings (SSSR count). The molecule has 1 aliphatic carbocycles. The lowest BCUT2D eigenvalue weighted by Gasteiger charge is -2.29. The molecule has 0 aromatic heterocycles. The largest absolute Gasteiger partial charge is 0.370 e. The maximum Gasteiger partial charge on any atom is 0.189 e. The summed E-state index contributed by atoms with van der Waals surface area (Å²) >= 11 is 0. The average molecular weight is 231 g/mol. The molecule has 0 heterocycles. The zero-order valence-electron chi connectivity index (χ0n) is 10.8. The normalized spacial score (nSPS) is 19.5. The fourth-order valence-corrected chi connectivity index (χ4v) is 2.16. The van der Waals surface area contributed by atoms with E-state index in [0.29, 0.717) is 11.9 Å². The highest BCUT2D eigenvalue weighted by Gasteiger charge is 2.24. The first-order valence-electron chi connectivity index (χ1n) is 6.11. The standard InChI is InChI=1S/C14H21N3/c1-14(2,3)17-13(15)16-9-11-8-10-6-4-5-7-12(10)11/h4-7,11H,8-9H2,1-3H3,(H3,15,16,17). The van der Waals surface area contributed by atoms with Gasteiger partial charge < -0.3 is 11.1 Å². The van der Waals surface area contributed by atoms with Crippen molar-refractivity contribution in [3.05, 3.63) is 35.4 Å². The van der Waals surface area contributed by atoms with E-state index in [2.05, 4.69) is 55.3 Å². The summed E-state index contributed by atoms with van der Waals surface area (Å²) in [5.41, 5.74) is 8.71. The number of aliphatic imine (C=N–C) groups is 1. The van der Waals surface area contributed by atoms with Gasteiger partial charge in [0.2, 0.25) is 0 Å². The Morgan fingerprint density at radius 1 is 1.41 bits per heavy atom. The number of benzene rings is 1. The Hall–Kier alpha value is -1.51. The lowest BCUT2D eigenvalue weighted by Crippen LogP contribution is -2.45. The molecule has 0 bridgehead atoms. The van der Waals surface area contributed by atoms with E-state index in [4.69, 9.17) is 5.73 Å². The van der Waals surface area contributed by atoms with Crippen LogP contribution in [0.3, 0.4) is 0 Å². The smallest absolute Gasteiger partial charge is 0.189 e. The Balaban J connectivity index is 1.91. The van der Waals surface area contributed by atoms with Crippen LogP contribution in [-0.4, -0.2) is 18.0 Å². The molecule has 1 unspecified atom stereocenters. The lowest BCUT2D eigenvalue weighted by atomic mass is 9.78. The third-order valence-electron chi connectivity index (χ3n) is 2.95. The summed E-state index contributed by atoms with van der Waals surface area (Å²) in [4.78, 5) is 4.41. The summed E-state index contributed by atoms with van der Waals surface area (Å²) in [6.45, 7) is 7.02. The van der Waals surface area contributed by atoms with Gasteiger partial charge in [-0.3, -0.25) is 4.99 Å². The minimum atomic E-state index is -0.0227. The number of hydrogen-bond donors (Lipinski definition) is 2. The summed E-state index contributed by atoms with van der Waals surface area (Å²) in [6, 6.07) is 8.55. The molecule has 0 spiro atoms. The van der Waals surface area contributed by atoms with Crippen molar-refractivity contribution in [2.75, 3.05) is 6.54 Å². The Kier molecular flexibility index (Phi) is 3.09. The first-order valence-corrected chi connectivity index (χ1v) is 6.11. The highest BCUT2D eigenvalue weighted by atomic mass is 15.1. The molecule has 3 nitrogen and oxygen atoms in total. The minimum Gasteiger partial charge on any atom is -0.370 e. The van der Waals surface area contributed by atoms with Crippen LogP contribution in [0.1, 0.15) is 37.8 Å². The van der Waals surface area contributed by atoms with Crippen molar-refractivity contribution < 1.29 is 0 Å². The number of nitrogens with one attached hydrogen (secondary N) is 1. The van der Waals surface area contributed by atoms with Crippen LogP contribution in [-0.2, 0) is 6.42 Å². The molecule has 1 aromatic carbocycles. The SMILES string of the molecule is CC(C)(C)NC(N)=NCC1Cc2ccccc21. The Morgan fingerprint density at radius 2 is 2.12 bits per heavy atom. The van der Waals surface area contributed by atoms with Gasteiger partial charge in [-0.2, -0.15) is 0 Å². The molecule has 0 saturated heterocycles. The quantitative estimate of drug-likeness (QED) is 0.604. The van der Waals surface area contributed by atoms with Gasteiger partial charge in [-0.15, -0.1) is 0 Å². The van der Waals surface area contributed by atoms with Crippen LogP contribution in [0.25, 0.3) is 0 Å². The predicted octanol–water partition coefficient (Wildman–Crippen LogP) is 2.03. The highest BCUT2D eigenvalue weighted by molar-refractivity contribution is 5.78. The third kappa shape index (κ3) is 2.99. The van der Waals surface area contributed by atoms with Crippen molar-refractivity contribution >= 4 is 5.96 Å². The summed E-state index contributed by atoms with van der Waals surface area (Å²) in [6.07, 6.45) is 1.13. The Morgan fingerprint density at radius 3 is 2.76 bits per heavy atom. The van der Waals surface area contributed by atoms with Gasteiger partial charge in [0.05, 0.1) is 0 Å². The van der Waals surface area contributed by atoms with Crippen molar-refractivity contribution in [3.63, 3.8) is 0 Å². The predicted molar refractivity (Wildman–Crippen MR) is 72.3 cm³/mol. The lowest BCUT2D eigenvalue weighted by molar-refractivity contribution is 0.506. The third-order valence-corrected chi connectivity index (χ3v) is 2.95. The van der Waals surface area contributed by atoms with Crippen LogP contribution in [0.5, 0.6) is 0 Å². The maximum atomic E-state index is 5.85. The van der Waals surface area contributed by atoms with Crippen molar-refractivity contribution in [2.24, 2.45) is 10.7 Å². The van der Waals surface area contributed by atoms with Crippen LogP contribution in [0.4, 0.5) is 0 Å². The second kappa shape index (κ2) is 4.40. The van der Waals surface area contributed by atoms with Gasteiger partial charge in [-0.25, -0.2) is 0 Å². The number of nitrogens with zero attached hydrogens (tertiary/aromatic N) is 1.